The van der Waals surface area contributed by atoms with E-state index in [9.17, 15) is 13.9 Å². The van der Waals surface area contributed by atoms with Crippen LogP contribution in [-0.4, -0.2) is 15.1 Å². The first-order chi connectivity index (χ1) is 13.0. The summed E-state index contributed by atoms with van der Waals surface area (Å²) in [6.45, 7) is -0.392. The van der Waals surface area contributed by atoms with Crippen LogP contribution in [-0.2, 0) is 6.61 Å². The number of halogens is 3. The van der Waals surface area contributed by atoms with Crippen molar-refractivity contribution in [1.82, 2.24) is 9.97 Å². The van der Waals surface area contributed by atoms with Crippen molar-refractivity contribution in [1.29, 1.82) is 5.26 Å². The number of nitrogens with zero attached hydrogens (tertiary/aromatic N) is 3. The van der Waals surface area contributed by atoms with Crippen molar-refractivity contribution >= 4 is 11.6 Å². The molecule has 1 aromatic carbocycles. The molecule has 0 atom stereocenters. The van der Waals surface area contributed by atoms with Crippen molar-refractivity contribution in [2.75, 3.05) is 0 Å². The highest BCUT2D eigenvalue weighted by Gasteiger charge is 2.19. The standard InChI is InChI=1S/C18H10ClF2N3O3/c19-11-8-24-18(27-14-5-2-6-23-13(14)7-22)16(25)17(11)26-9-10-3-1-4-12(20)15(10)21/h1-6,8,25H,9H2. The number of rotatable bonds is 5. The van der Waals surface area contributed by atoms with Gasteiger partial charge in [0.1, 0.15) is 17.7 Å². The topological polar surface area (TPSA) is 88.3 Å². The summed E-state index contributed by atoms with van der Waals surface area (Å²) in [7, 11) is 0. The zero-order valence-electron chi connectivity index (χ0n) is 13.5. The molecule has 0 aliphatic heterocycles. The molecule has 2 heterocycles. The fourth-order valence-electron chi connectivity index (χ4n) is 2.13. The van der Waals surface area contributed by atoms with Gasteiger partial charge in [0, 0.05) is 11.8 Å². The van der Waals surface area contributed by atoms with E-state index in [-0.39, 0.29) is 33.7 Å². The lowest BCUT2D eigenvalue weighted by molar-refractivity contribution is 0.275. The van der Waals surface area contributed by atoms with Crippen LogP contribution in [0.15, 0.2) is 42.7 Å². The number of aromatic nitrogens is 2. The normalized spacial score (nSPS) is 10.3. The van der Waals surface area contributed by atoms with Crippen LogP contribution in [0, 0.1) is 23.0 Å². The summed E-state index contributed by atoms with van der Waals surface area (Å²) in [5, 5.41) is 19.3. The van der Waals surface area contributed by atoms with Gasteiger partial charge in [-0.2, -0.15) is 5.26 Å². The maximum atomic E-state index is 13.7. The molecule has 0 unspecified atom stereocenters. The number of pyridine rings is 2. The molecule has 2 aromatic heterocycles. The summed E-state index contributed by atoms with van der Waals surface area (Å²) in [6, 6.07) is 8.47. The molecule has 9 heteroatoms. The number of benzene rings is 1. The molecule has 0 fully saturated rings. The van der Waals surface area contributed by atoms with Crippen LogP contribution in [0.5, 0.6) is 23.1 Å². The smallest absolute Gasteiger partial charge is 0.266 e. The van der Waals surface area contributed by atoms with Gasteiger partial charge in [-0.25, -0.2) is 18.7 Å². The molecule has 0 saturated carbocycles. The van der Waals surface area contributed by atoms with E-state index in [0.29, 0.717) is 0 Å². The van der Waals surface area contributed by atoms with Crippen molar-refractivity contribution in [2.45, 2.75) is 6.61 Å². The molecular formula is C18H10ClF2N3O3. The summed E-state index contributed by atoms with van der Waals surface area (Å²) < 4.78 is 37.7. The lowest BCUT2D eigenvalue weighted by Gasteiger charge is -2.13. The summed E-state index contributed by atoms with van der Waals surface area (Å²) in [5.74, 6) is -3.11. The molecule has 0 spiro atoms. The third-order valence-electron chi connectivity index (χ3n) is 3.42. The Labute approximate surface area is 157 Å². The summed E-state index contributed by atoms with van der Waals surface area (Å²) in [6.07, 6.45) is 2.55. The van der Waals surface area contributed by atoms with Gasteiger partial charge in [-0.15, -0.1) is 0 Å². The second-order valence-corrected chi connectivity index (χ2v) is 5.56. The second-order valence-electron chi connectivity index (χ2n) is 5.15. The van der Waals surface area contributed by atoms with E-state index < -0.39 is 24.0 Å². The first-order valence-electron chi connectivity index (χ1n) is 7.47. The van der Waals surface area contributed by atoms with Gasteiger partial charge in [-0.1, -0.05) is 23.7 Å². The zero-order valence-corrected chi connectivity index (χ0v) is 14.2. The minimum absolute atomic E-state index is 0.0158. The molecule has 0 aliphatic rings. The van der Waals surface area contributed by atoms with E-state index in [4.69, 9.17) is 26.3 Å². The Morgan fingerprint density at radius 2 is 2.00 bits per heavy atom. The van der Waals surface area contributed by atoms with Gasteiger partial charge in [0.05, 0.1) is 6.20 Å². The predicted octanol–water partition coefficient (Wildman–Crippen LogP) is 4.36. The number of nitriles is 1. The largest absolute Gasteiger partial charge is 0.500 e. The SMILES string of the molecule is N#Cc1ncccc1Oc1ncc(Cl)c(OCc2cccc(F)c2F)c1O. The molecule has 0 radical (unpaired) electrons. The highest BCUT2D eigenvalue weighted by Crippen LogP contribution is 2.42. The fourth-order valence-corrected chi connectivity index (χ4v) is 2.32. The fraction of sp³-hybridized carbons (Fsp3) is 0.0556. The van der Waals surface area contributed by atoms with Crippen molar-refractivity contribution in [3.05, 3.63) is 70.6 Å². The first kappa shape index (κ1) is 18.4. The number of ether oxygens (including phenoxy) is 2. The maximum absolute atomic E-state index is 13.7. The number of hydrogen-bond donors (Lipinski definition) is 1. The number of aromatic hydroxyl groups is 1. The van der Waals surface area contributed by atoms with Crippen molar-refractivity contribution < 1.29 is 23.4 Å². The Kier molecular flexibility index (Phi) is 5.33. The summed E-state index contributed by atoms with van der Waals surface area (Å²) >= 11 is 5.96. The third kappa shape index (κ3) is 3.88. The molecule has 1 N–H and O–H groups in total. The molecule has 27 heavy (non-hydrogen) atoms. The van der Waals surface area contributed by atoms with Crippen LogP contribution in [0.2, 0.25) is 5.02 Å². The molecule has 0 aliphatic carbocycles. The average molecular weight is 390 g/mol. The van der Waals surface area contributed by atoms with Crippen LogP contribution in [0.25, 0.3) is 0 Å². The number of hydrogen-bond acceptors (Lipinski definition) is 6. The maximum Gasteiger partial charge on any atom is 0.266 e. The molecule has 0 saturated heterocycles. The first-order valence-corrected chi connectivity index (χ1v) is 7.85. The highest BCUT2D eigenvalue weighted by molar-refractivity contribution is 6.32. The minimum Gasteiger partial charge on any atom is -0.500 e. The second kappa shape index (κ2) is 7.85. The van der Waals surface area contributed by atoms with E-state index in [1.807, 2.05) is 6.07 Å². The summed E-state index contributed by atoms with van der Waals surface area (Å²) in [4.78, 5) is 7.67. The van der Waals surface area contributed by atoms with Gasteiger partial charge in [0.25, 0.3) is 5.88 Å². The lowest BCUT2D eigenvalue weighted by atomic mass is 10.2. The van der Waals surface area contributed by atoms with Gasteiger partial charge < -0.3 is 14.6 Å². The third-order valence-corrected chi connectivity index (χ3v) is 3.69. The van der Waals surface area contributed by atoms with Crippen LogP contribution in [0.4, 0.5) is 8.78 Å². The van der Waals surface area contributed by atoms with E-state index in [2.05, 4.69) is 9.97 Å². The summed E-state index contributed by atoms with van der Waals surface area (Å²) in [5.41, 5.74) is -0.0817. The molecule has 3 rings (SSSR count). The Hall–Kier alpha value is -3.44. The highest BCUT2D eigenvalue weighted by atomic mass is 35.5. The van der Waals surface area contributed by atoms with Gasteiger partial charge >= 0.3 is 0 Å². The van der Waals surface area contributed by atoms with Gasteiger partial charge in [0.2, 0.25) is 5.75 Å². The Morgan fingerprint density at radius 1 is 1.19 bits per heavy atom. The van der Waals surface area contributed by atoms with Crippen molar-refractivity contribution in [3.8, 4) is 29.2 Å². The zero-order chi connectivity index (χ0) is 19.4. The average Bonchev–Trinajstić information content (AvgIpc) is 2.67. The Balaban J connectivity index is 1.87. The minimum atomic E-state index is -1.06. The predicted molar refractivity (Wildman–Crippen MR) is 90.6 cm³/mol. The van der Waals surface area contributed by atoms with Crippen molar-refractivity contribution in [3.63, 3.8) is 0 Å². The lowest BCUT2D eigenvalue weighted by Crippen LogP contribution is -2.02. The van der Waals surface area contributed by atoms with Gasteiger partial charge in [-0.05, 0) is 18.2 Å². The van der Waals surface area contributed by atoms with E-state index >= 15 is 0 Å². The molecule has 136 valence electrons. The molecule has 0 amide bonds. The Bertz CT molecular complexity index is 1040. The quantitative estimate of drug-likeness (QED) is 0.697. The van der Waals surface area contributed by atoms with E-state index in [0.717, 1.165) is 12.3 Å². The van der Waals surface area contributed by atoms with Gasteiger partial charge in [-0.3, -0.25) is 0 Å². The van der Waals surface area contributed by atoms with Crippen molar-refractivity contribution in [2.24, 2.45) is 0 Å². The van der Waals surface area contributed by atoms with E-state index in [1.165, 1.54) is 30.5 Å². The molecule has 3 aromatic rings. The van der Waals surface area contributed by atoms with Crippen LogP contribution < -0.4 is 9.47 Å². The monoisotopic (exact) mass is 389 g/mol. The van der Waals surface area contributed by atoms with Crippen LogP contribution >= 0.6 is 11.6 Å². The van der Waals surface area contributed by atoms with Gasteiger partial charge in [0.15, 0.2) is 28.8 Å². The van der Waals surface area contributed by atoms with Crippen LogP contribution in [0.1, 0.15) is 11.3 Å². The molecule has 6 nitrogen and oxygen atoms in total. The van der Waals surface area contributed by atoms with Crippen LogP contribution in [0.3, 0.4) is 0 Å². The molecular weight excluding hydrogens is 380 g/mol. The van der Waals surface area contributed by atoms with E-state index in [1.54, 1.807) is 0 Å². The Morgan fingerprint density at radius 3 is 2.78 bits per heavy atom. The molecule has 0 bridgehead atoms.